The number of carbonyl (C=O) groups excluding carboxylic acids is 2. The molecule has 2 atom stereocenters. The number of fused-ring (bicyclic) bond motifs is 1. The lowest BCUT2D eigenvalue weighted by Crippen LogP contribution is -2.40. The van der Waals surface area contributed by atoms with Crippen LogP contribution in [0.1, 0.15) is 23.3 Å². The smallest absolute Gasteiger partial charge is 0.272 e. The number of nitrogens with zero attached hydrogens (tertiary/aromatic N) is 3. The molecular formula is C14H14N4O2S. The first-order valence-electron chi connectivity index (χ1n) is 6.89. The molecule has 0 aromatic carbocycles. The van der Waals surface area contributed by atoms with E-state index in [0.29, 0.717) is 18.7 Å². The van der Waals surface area contributed by atoms with Crippen molar-refractivity contribution in [1.29, 1.82) is 0 Å². The molecule has 2 aliphatic heterocycles. The van der Waals surface area contributed by atoms with Gasteiger partial charge in [-0.05, 0) is 17.9 Å². The molecule has 1 N–H and O–H groups in total. The molecule has 0 saturated carbocycles. The standard InChI is InChI=1S/C14H14N4O2S/c19-13-5-12-11(18(13)9-2-4-21-7-9)1-3-17(12)14(20)10-6-15-8-16-10/h2,4,6-8,11-12H,1,3,5H2,(H,15,16)/t11-,12-/m1/s1. The third kappa shape index (κ3) is 1.88. The first kappa shape index (κ1) is 12.6. The second kappa shape index (κ2) is 4.70. The molecule has 2 amide bonds. The highest BCUT2D eigenvalue weighted by atomic mass is 32.1. The molecule has 6 nitrogen and oxygen atoms in total. The molecule has 2 aliphatic rings. The van der Waals surface area contributed by atoms with E-state index in [1.54, 1.807) is 11.3 Å². The van der Waals surface area contributed by atoms with E-state index in [1.165, 1.54) is 12.5 Å². The van der Waals surface area contributed by atoms with Gasteiger partial charge in [0.15, 0.2) is 0 Å². The van der Waals surface area contributed by atoms with Crippen LogP contribution in [0.5, 0.6) is 0 Å². The van der Waals surface area contributed by atoms with E-state index in [9.17, 15) is 9.59 Å². The largest absolute Gasteiger partial charge is 0.341 e. The maximum Gasteiger partial charge on any atom is 0.272 e. The topological polar surface area (TPSA) is 69.3 Å². The minimum atomic E-state index is -0.0695. The van der Waals surface area contributed by atoms with Crippen LogP contribution in [-0.4, -0.2) is 45.3 Å². The van der Waals surface area contributed by atoms with Crippen molar-refractivity contribution in [3.05, 3.63) is 35.0 Å². The fourth-order valence-electron chi connectivity index (χ4n) is 3.36. The number of hydrogen-bond donors (Lipinski definition) is 1. The number of thiophene rings is 1. The second-order valence-electron chi connectivity index (χ2n) is 5.34. The highest BCUT2D eigenvalue weighted by molar-refractivity contribution is 7.08. The van der Waals surface area contributed by atoms with Gasteiger partial charge < -0.3 is 14.8 Å². The summed E-state index contributed by atoms with van der Waals surface area (Å²) in [5.41, 5.74) is 1.44. The molecular weight excluding hydrogens is 288 g/mol. The predicted molar refractivity (Wildman–Crippen MR) is 78.2 cm³/mol. The average Bonchev–Trinajstić information content (AvgIpc) is 3.23. The van der Waals surface area contributed by atoms with Crippen LogP contribution in [0, 0.1) is 0 Å². The lowest BCUT2D eigenvalue weighted by Gasteiger charge is -2.24. The number of nitrogens with one attached hydrogen (secondary N) is 1. The number of aromatic nitrogens is 2. The summed E-state index contributed by atoms with van der Waals surface area (Å²) in [5.74, 6) is 0.0329. The van der Waals surface area contributed by atoms with Crippen LogP contribution in [0.3, 0.4) is 0 Å². The molecule has 0 spiro atoms. The third-order valence-electron chi connectivity index (χ3n) is 4.27. The van der Waals surface area contributed by atoms with E-state index in [1.807, 2.05) is 26.6 Å². The molecule has 7 heteroatoms. The van der Waals surface area contributed by atoms with E-state index < -0.39 is 0 Å². The number of H-pyrrole nitrogens is 1. The van der Waals surface area contributed by atoms with Crippen molar-refractivity contribution in [1.82, 2.24) is 14.9 Å². The Balaban J connectivity index is 1.61. The molecule has 108 valence electrons. The van der Waals surface area contributed by atoms with E-state index in [0.717, 1.165) is 12.1 Å². The highest BCUT2D eigenvalue weighted by Gasteiger charge is 2.49. The summed E-state index contributed by atoms with van der Waals surface area (Å²) >= 11 is 1.58. The molecule has 0 aliphatic carbocycles. The number of imidazole rings is 1. The van der Waals surface area contributed by atoms with Crippen LogP contribution in [0.4, 0.5) is 5.69 Å². The highest BCUT2D eigenvalue weighted by Crippen LogP contribution is 2.37. The van der Waals surface area contributed by atoms with Gasteiger partial charge in [0.1, 0.15) is 5.69 Å². The minimum Gasteiger partial charge on any atom is -0.341 e. The van der Waals surface area contributed by atoms with E-state index in [-0.39, 0.29) is 23.9 Å². The summed E-state index contributed by atoms with van der Waals surface area (Å²) in [6.45, 7) is 0.682. The Bertz CT molecular complexity index is 667. The van der Waals surface area contributed by atoms with Gasteiger partial charge in [-0.3, -0.25) is 9.59 Å². The van der Waals surface area contributed by atoms with E-state index >= 15 is 0 Å². The molecule has 4 heterocycles. The van der Waals surface area contributed by atoms with Crippen molar-refractivity contribution in [2.45, 2.75) is 24.9 Å². The summed E-state index contributed by atoms with van der Waals surface area (Å²) in [5, 5.41) is 3.96. The molecule has 2 fully saturated rings. The zero-order chi connectivity index (χ0) is 14.4. The van der Waals surface area contributed by atoms with Crippen molar-refractivity contribution < 1.29 is 9.59 Å². The van der Waals surface area contributed by atoms with Gasteiger partial charge in [-0.2, -0.15) is 11.3 Å². The number of hydrogen-bond acceptors (Lipinski definition) is 4. The fourth-order valence-corrected chi connectivity index (χ4v) is 3.98. The molecule has 0 bridgehead atoms. The van der Waals surface area contributed by atoms with Crippen molar-refractivity contribution in [3.63, 3.8) is 0 Å². The first-order valence-corrected chi connectivity index (χ1v) is 7.83. The van der Waals surface area contributed by atoms with Crippen LogP contribution in [-0.2, 0) is 4.79 Å². The van der Waals surface area contributed by atoms with Gasteiger partial charge in [0.2, 0.25) is 5.91 Å². The number of anilines is 1. The summed E-state index contributed by atoms with van der Waals surface area (Å²) < 4.78 is 0. The number of amides is 2. The number of rotatable bonds is 2. The third-order valence-corrected chi connectivity index (χ3v) is 4.94. The van der Waals surface area contributed by atoms with Gasteiger partial charge in [0.25, 0.3) is 5.91 Å². The molecule has 0 unspecified atom stereocenters. The average molecular weight is 302 g/mol. The van der Waals surface area contributed by atoms with Gasteiger partial charge in [-0.1, -0.05) is 0 Å². The SMILES string of the molecule is O=C(c1cnc[nH]1)N1CC[C@@H]2[C@H]1CC(=O)N2c1ccsc1. The van der Waals surface area contributed by atoms with E-state index in [2.05, 4.69) is 9.97 Å². The Hall–Kier alpha value is -2.15. The number of aromatic amines is 1. The van der Waals surface area contributed by atoms with Crippen LogP contribution in [0.25, 0.3) is 0 Å². The van der Waals surface area contributed by atoms with Gasteiger partial charge >= 0.3 is 0 Å². The lowest BCUT2D eigenvalue weighted by molar-refractivity contribution is -0.117. The zero-order valence-corrected chi connectivity index (χ0v) is 12.0. The maximum atomic E-state index is 12.5. The summed E-state index contributed by atoms with van der Waals surface area (Å²) in [4.78, 5) is 35.2. The Labute approximate surface area is 125 Å². The van der Waals surface area contributed by atoms with Gasteiger partial charge in [0, 0.05) is 18.3 Å². The Morgan fingerprint density at radius 2 is 2.33 bits per heavy atom. The number of likely N-dealkylation sites (tertiary alicyclic amines) is 1. The van der Waals surface area contributed by atoms with Crippen molar-refractivity contribution in [3.8, 4) is 0 Å². The second-order valence-corrected chi connectivity index (χ2v) is 6.12. The Morgan fingerprint density at radius 3 is 3.05 bits per heavy atom. The van der Waals surface area contributed by atoms with Crippen LogP contribution < -0.4 is 4.90 Å². The molecule has 4 rings (SSSR count). The minimum absolute atomic E-state index is 0.0341. The zero-order valence-electron chi connectivity index (χ0n) is 11.2. The van der Waals surface area contributed by atoms with Crippen molar-refractivity contribution >= 4 is 28.8 Å². The van der Waals surface area contributed by atoms with Gasteiger partial charge in [-0.15, -0.1) is 0 Å². The van der Waals surface area contributed by atoms with Crippen LogP contribution in [0.15, 0.2) is 29.4 Å². The lowest BCUT2D eigenvalue weighted by atomic mass is 10.1. The summed E-state index contributed by atoms with van der Waals surface area (Å²) in [6.07, 6.45) is 4.26. The molecule has 2 saturated heterocycles. The quantitative estimate of drug-likeness (QED) is 0.914. The van der Waals surface area contributed by atoms with Gasteiger partial charge in [-0.25, -0.2) is 4.98 Å². The van der Waals surface area contributed by atoms with E-state index in [4.69, 9.17) is 0 Å². The Morgan fingerprint density at radius 1 is 1.43 bits per heavy atom. The molecule has 21 heavy (non-hydrogen) atoms. The molecule has 0 radical (unpaired) electrons. The predicted octanol–water partition coefficient (Wildman–Crippen LogP) is 1.49. The number of carbonyl (C=O) groups is 2. The van der Waals surface area contributed by atoms with Crippen LogP contribution in [0.2, 0.25) is 0 Å². The maximum absolute atomic E-state index is 12.5. The van der Waals surface area contributed by atoms with Gasteiger partial charge in [0.05, 0.1) is 30.3 Å². The fraction of sp³-hybridized carbons (Fsp3) is 0.357. The van der Waals surface area contributed by atoms with Crippen molar-refractivity contribution in [2.75, 3.05) is 11.4 Å². The normalized spacial score (nSPS) is 24.7. The first-order chi connectivity index (χ1) is 10.3. The van der Waals surface area contributed by atoms with Crippen LogP contribution >= 0.6 is 11.3 Å². The van der Waals surface area contributed by atoms with Crippen molar-refractivity contribution in [2.24, 2.45) is 0 Å². The molecule has 2 aromatic heterocycles. The summed E-state index contributed by atoms with van der Waals surface area (Å²) in [7, 11) is 0. The monoisotopic (exact) mass is 302 g/mol. The Kier molecular flexibility index (Phi) is 2.81. The molecule has 2 aromatic rings. The summed E-state index contributed by atoms with van der Waals surface area (Å²) in [6, 6.07) is 2.02.